The van der Waals surface area contributed by atoms with Gasteiger partial charge in [0, 0.05) is 29.8 Å². The number of sulfonamides is 1. The van der Waals surface area contributed by atoms with Gasteiger partial charge in [0.05, 0.1) is 4.90 Å². The fourth-order valence-electron chi connectivity index (χ4n) is 2.73. The predicted molar refractivity (Wildman–Crippen MR) is 111 cm³/mol. The highest BCUT2D eigenvalue weighted by Crippen LogP contribution is 2.21. The van der Waals surface area contributed by atoms with E-state index in [9.17, 15) is 8.42 Å². The molecule has 2 heterocycles. The van der Waals surface area contributed by atoms with Gasteiger partial charge < -0.3 is 5.32 Å². The lowest BCUT2D eigenvalue weighted by molar-refractivity contribution is 0.601. The number of nitrogens with zero attached hydrogens (tertiary/aromatic N) is 4. The largest absolute Gasteiger partial charge is 0.340 e. The van der Waals surface area contributed by atoms with Crippen LogP contribution in [0.4, 0.5) is 17.2 Å². The van der Waals surface area contributed by atoms with E-state index in [2.05, 4.69) is 25.0 Å². The summed E-state index contributed by atoms with van der Waals surface area (Å²) in [6.45, 7) is 1.81. The summed E-state index contributed by atoms with van der Waals surface area (Å²) < 4.78 is 29.2. The van der Waals surface area contributed by atoms with Crippen molar-refractivity contribution in [1.29, 1.82) is 0 Å². The number of rotatable bonds is 6. The monoisotopic (exact) mass is 406 g/mol. The second kappa shape index (κ2) is 7.72. The molecular formula is C20H18N6O2S. The molecule has 0 saturated heterocycles. The number of hydrogen-bond acceptors (Lipinski definition) is 6. The Hall–Kier alpha value is -3.72. The number of imidazole rings is 1. The van der Waals surface area contributed by atoms with Crippen molar-refractivity contribution in [2.45, 2.75) is 11.8 Å². The molecule has 2 aromatic heterocycles. The van der Waals surface area contributed by atoms with Gasteiger partial charge in [-0.1, -0.05) is 18.2 Å². The fourth-order valence-corrected chi connectivity index (χ4v) is 3.81. The molecule has 0 radical (unpaired) electrons. The third kappa shape index (κ3) is 4.41. The van der Waals surface area contributed by atoms with Crippen LogP contribution in [0.1, 0.15) is 5.82 Å². The zero-order valence-electron chi connectivity index (χ0n) is 15.5. The molecule has 0 aliphatic rings. The molecule has 2 N–H and O–H groups in total. The van der Waals surface area contributed by atoms with E-state index >= 15 is 0 Å². The van der Waals surface area contributed by atoms with Gasteiger partial charge in [0.25, 0.3) is 10.0 Å². The van der Waals surface area contributed by atoms with E-state index in [4.69, 9.17) is 0 Å². The van der Waals surface area contributed by atoms with E-state index < -0.39 is 10.0 Å². The van der Waals surface area contributed by atoms with Crippen LogP contribution in [0.5, 0.6) is 0 Å². The molecular weight excluding hydrogens is 388 g/mol. The molecule has 4 rings (SSSR count). The minimum Gasteiger partial charge on any atom is -0.340 e. The Balaban J connectivity index is 1.51. The molecule has 0 aliphatic carbocycles. The Morgan fingerprint density at radius 2 is 1.66 bits per heavy atom. The first-order valence-electron chi connectivity index (χ1n) is 8.79. The summed E-state index contributed by atoms with van der Waals surface area (Å²) in [4.78, 5) is 13.0. The molecule has 146 valence electrons. The highest BCUT2D eigenvalue weighted by atomic mass is 32.2. The topological polar surface area (TPSA) is 102 Å². The number of aromatic nitrogens is 4. The van der Waals surface area contributed by atoms with Crippen molar-refractivity contribution < 1.29 is 8.42 Å². The molecule has 0 saturated carbocycles. The van der Waals surface area contributed by atoms with Crippen molar-refractivity contribution in [3.63, 3.8) is 0 Å². The first-order chi connectivity index (χ1) is 14.0. The molecule has 9 heteroatoms. The summed E-state index contributed by atoms with van der Waals surface area (Å²) in [6, 6.07) is 17.0. The molecule has 4 aromatic rings. The van der Waals surface area contributed by atoms with E-state index in [0.717, 1.165) is 5.69 Å². The van der Waals surface area contributed by atoms with Gasteiger partial charge in [-0.3, -0.25) is 9.29 Å². The van der Waals surface area contributed by atoms with E-state index in [1.165, 1.54) is 0 Å². The van der Waals surface area contributed by atoms with Crippen LogP contribution in [-0.2, 0) is 10.0 Å². The van der Waals surface area contributed by atoms with Gasteiger partial charge in [-0.15, -0.1) is 0 Å². The predicted octanol–water partition coefficient (Wildman–Crippen LogP) is 3.52. The van der Waals surface area contributed by atoms with Crippen molar-refractivity contribution >= 4 is 27.2 Å². The average Bonchev–Trinajstić information content (AvgIpc) is 3.25. The van der Waals surface area contributed by atoms with E-state index in [1.807, 2.05) is 6.92 Å². The van der Waals surface area contributed by atoms with Crippen LogP contribution in [0, 0.1) is 6.92 Å². The minimum atomic E-state index is -3.62. The first-order valence-corrected chi connectivity index (χ1v) is 10.3. The highest BCUT2D eigenvalue weighted by Gasteiger charge is 2.13. The maximum absolute atomic E-state index is 12.4. The Kier molecular flexibility index (Phi) is 4.96. The Morgan fingerprint density at radius 1 is 0.931 bits per heavy atom. The van der Waals surface area contributed by atoms with Crippen molar-refractivity contribution in [3.8, 4) is 5.82 Å². The van der Waals surface area contributed by atoms with Gasteiger partial charge >= 0.3 is 0 Å². The Labute approximate surface area is 168 Å². The van der Waals surface area contributed by atoms with Crippen molar-refractivity contribution in [1.82, 2.24) is 19.5 Å². The molecule has 0 unspecified atom stereocenters. The lowest BCUT2D eigenvalue weighted by Crippen LogP contribution is -2.12. The van der Waals surface area contributed by atoms with Gasteiger partial charge in [-0.2, -0.15) is 0 Å². The second-order valence-corrected chi connectivity index (χ2v) is 7.93. The molecule has 0 atom stereocenters. The van der Waals surface area contributed by atoms with Gasteiger partial charge in [0.2, 0.25) is 0 Å². The van der Waals surface area contributed by atoms with Crippen molar-refractivity contribution in [2.75, 3.05) is 10.0 Å². The molecule has 8 nitrogen and oxygen atoms in total. The molecule has 29 heavy (non-hydrogen) atoms. The number of anilines is 3. The molecule has 0 aliphatic heterocycles. The van der Waals surface area contributed by atoms with Crippen molar-refractivity contribution in [2.24, 2.45) is 0 Å². The third-order valence-corrected chi connectivity index (χ3v) is 5.45. The van der Waals surface area contributed by atoms with E-state index in [-0.39, 0.29) is 4.90 Å². The summed E-state index contributed by atoms with van der Waals surface area (Å²) in [5.74, 6) is 1.94. The lowest BCUT2D eigenvalue weighted by atomic mass is 10.3. The van der Waals surface area contributed by atoms with Crippen LogP contribution < -0.4 is 10.0 Å². The molecule has 0 spiro atoms. The lowest BCUT2D eigenvalue weighted by Gasteiger charge is -2.11. The second-order valence-electron chi connectivity index (χ2n) is 6.25. The van der Waals surface area contributed by atoms with Crippen molar-refractivity contribution in [3.05, 3.63) is 85.2 Å². The fraction of sp³-hybridized carbons (Fsp3) is 0.0500. The van der Waals surface area contributed by atoms with Gasteiger partial charge in [-0.05, 0) is 43.3 Å². The van der Waals surface area contributed by atoms with Gasteiger partial charge in [0.1, 0.15) is 23.8 Å². The summed E-state index contributed by atoms with van der Waals surface area (Å²) in [7, 11) is -3.62. The number of hydrogen-bond donors (Lipinski definition) is 2. The number of benzene rings is 2. The minimum absolute atomic E-state index is 0.214. The zero-order chi connectivity index (χ0) is 20.3. The van der Waals surface area contributed by atoms with Crippen LogP contribution in [0.3, 0.4) is 0 Å². The highest BCUT2D eigenvalue weighted by molar-refractivity contribution is 7.92. The third-order valence-electron chi connectivity index (χ3n) is 4.06. The van der Waals surface area contributed by atoms with E-state index in [1.54, 1.807) is 84.0 Å². The van der Waals surface area contributed by atoms with Crippen LogP contribution in [0.25, 0.3) is 5.82 Å². The van der Waals surface area contributed by atoms with Gasteiger partial charge in [0.15, 0.2) is 0 Å². The quantitative estimate of drug-likeness (QED) is 0.508. The standard InChI is InChI=1S/C20H18N6O2S/c1-15-22-19(13-20(23-15)26-12-11-21-14-26)24-16-7-9-17(10-8-16)25-29(27,28)18-5-3-2-4-6-18/h2-14,25H,1H3,(H,22,23,24). The van der Waals surface area contributed by atoms with Crippen LogP contribution >= 0.6 is 0 Å². The molecule has 0 amide bonds. The zero-order valence-corrected chi connectivity index (χ0v) is 16.3. The van der Waals surface area contributed by atoms with Crippen LogP contribution in [0.15, 0.2) is 84.3 Å². The smallest absolute Gasteiger partial charge is 0.261 e. The van der Waals surface area contributed by atoms with Crippen LogP contribution in [0.2, 0.25) is 0 Å². The number of nitrogens with one attached hydrogen (secondary N) is 2. The molecule has 2 aromatic carbocycles. The summed E-state index contributed by atoms with van der Waals surface area (Å²) >= 11 is 0. The normalized spacial score (nSPS) is 11.2. The summed E-state index contributed by atoms with van der Waals surface area (Å²) in [5.41, 5.74) is 1.24. The van der Waals surface area contributed by atoms with Gasteiger partial charge in [-0.25, -0.2) is 23.4 Å². The SMILES string of the molecule is Cc1nc(Nc2ccc(NS(=O)(=O)c3ccccc3)cc2)cc(-n2ccnc2)n1. The molecule has 0 fully saturated rings. The summed E-state index contributed by atoms with van der Waals surface area (Å²) in [5, 5.41) is 3.21. The first kappa shape index (κ1) is 18.6. The Morgan fingerprint density at radius 3 is 2.34 bits per heavy atom. The van der Waals surface area contributed by atoms with Crippen LogP contribution in [-0.4, -0.2) is 27.9 Å². The maximum atomic E-state index is 12.4. The van der Waals surface area contributed by atoms with E-state index in [0.29, 0.717) is 23.1 Å². The summed E-state index contributed by atoms with van der Waals surface area (Å²) in [6.07, 6.45) is 5.15. The molecule has 0 bridgehead atoms. The average molecular weight is 406 g/mol. The Bertz CT molecular complexity index is 1210. The maximum Gasteiger partial charge on any atom is 0.261 e. The number of aryl methyl sites for hydroxylation is 1.